The molecule has 0 spiro atoms. The molecule has 3 aromatic rings. The maximum atomic E-state index is 11.8. The second-order valence-corrected chi connectivity index (χ2v) is 7.41. The van der Waals surface area contributed by atoms with Gasteiger partial charge in [-0.05, 0) is 48.4 Å². The van der Waals surface area contributed by atoms with Gasteiger partial charge in [0, 0.05) is 11.6 Å². The highest BCUT2D eigenvalue weighted by Gasteiger charge is 2.10. The summed E-state index contributed by atoms with van der Waals surface area (Å²) in [5.74, 6) is 0.868. The van der Waals surface area contributed by atoms with Gasteiger partial charge in [-0.25, -0.2) is 5.10 Å². The Hall–Kier alpha value is -3.52. The molecule has 8 nitrogen and oxygen atoms in total. The summed E-state index contributed by atoms with van der Waals surface area (Å²) in [6, 6.07) is 12.0. The zero-order chi connectivity index (χ0) is 22.9. The van der Waals surface area contributed by atoms with Crippen LogP contribution in [0.25, 0.3) is 11.3 Å². The van der Waals surface area contributed by atoms with Gasteiger partial charge in [0.05, 0.1) is 30.6 Å². The molecule has 2 aromatic carbocycles. The number of halogens is 1. The molecule has 9 heteroatoms. The molecule has 3 rings (SSSR count). The van der Waals surface area contributed by atoms with E-state index in [1.807, 2.05) is 24.3 Å². The van der Waals surface area contributed by atoms with E-state index in [4.69, 9.17) is 21.1 Å². The summed E-state index contributed by atoms with van der Waals surface area (Å²) in [7, 11) is 1.43. The number of unbranched alkanes of at least 4 members (excludes halogenated alkanes) is 2. The first-order chi connectivity index (χ1) is 15.5. The third-order valence-corrected chi connectivity index (χ3v) is 4.91. The minimum absolute atomic E-state index is 0.140. The molecule has 3 N–H and O–H groups in total. The van der Waals surface area contributed by atoms with Crippen LogP contribution in [0.4, 0.5) is 5.69 Å². The molecule has 0 saturated heterocycles. The molecule has 32 heavy (non-hydrogen) atoms. The number of nitrogens with zero attached hydrogens (tertiary/aromatic N) is 2. The third-order valence-electron chi connectivity index (χ3n) is 4.62. The van der Waals surface area contributed by atoms with Crippen LogP contribution < -0.4 is 20.5 Å². The molecular weight excluding hydrogens is 432 g/mol. The highest BCUT2D eigenvalue weighted by atomic mass is 35.5. The van der Waals surface area contributed by atoms with Crippen molar-refractivity contribution >= 4 is 23.5 Å². The quantitative estimate of drug-likeness (QED) is 0.229. The van der Waals surface area contributed by atoms with E-state index >= 15 is 0 Å². The summed E-state index contributed by atoms with van der Waals surface area (Å²) < 4.78 is 10.8. The van der Waals surface area contributed by atoms with Crippen LogP contribution in [0.15, 0.2) is 52.4 Å². The first-order valence-corrected chi connectivity index (χ1v) is 10.6. The minimum atomic E-state index is -0.364. The molecule has 0 unspecified atom stereocenters. The molecule has 0 aliphatic carbocycles. The number of phenolic OH excluding ortho intramolecular Hbond substituents is 1. The maximum Gasteiger partial charge on any atom is 0.266 e. The van der Waals surface area contributed by atoms with E-state index in [-0.39, 0.29) is 22.1 Å². The van der Waals surface area contributed by atoms with Gasteiger partial charge in [0.2, 0.25) is 0 Å². The summed E-state index contributed by atoms with van der Waals surface area (Å²) in [4.78, 5) is 11.8. The number of aromatic amines is 1. The summed E-state index contributed by atoms with van der Waals surface area (Å²) in [5, 5.41) is 20.8. The Kier molecular flexibility index (Phi) is 8.10. The summed E-state index contributed by atoms with van der Waals surface area (Å²) in [6.45, 7) is 2.83. The van der Waals surface area contributed by atoms with Crippen molar-refractivity contribution in [3.8, 4) is 28.5 Å². The molecule has 0 aliphatic heterocycles. The lowest BCUT2D eigenvalue weighted by Crippen LogP contribution is -2.10. The lowest BCUT2D eigenvalue weighted by atomic mass is 10.1. The highest BCUT2D eigenvalue weighted by molar-refractivity contribution is 6.32. The summed E-state index contributed by atoms with van der Waals surface area (Å²) in [5.41, 5.74) is 4.82. The normalized spacial score (nSPS) is 11.0. The van der Waals surface area contributed by atoms with E-state index < -0.39 is 0 Å². The van der Waals surface area contributed by atoms with Crippen molar-refractivity contribution in [2.75, 3.05) is 19.1 Å². The van der Waals surface area contributed by atoms with E-state index in [1.54, 1.807) is 12.1 Å². The first kappa shape index (κ1) is 23.1. The predicted molar refractivity (Wildman–Crippen MR) is 126 cm³/mol. The molecule has 0 aliphatic rings. The zero-order valence-electron chi connectivity index (χ0n) is 17.9. The van der Waals surface area contributed by atoms with Gasteiger partial charge in [-0.15, -0.1) is 0 Å². The number of methoxy groups -OCH3 is 1. The second kappa shape index (κ2) is 11.2. The smallest absolute Gasteiger partial charge is 0.266 e. The van der Waals surface area contributed by atoms with Crippen molar-refractivity contribution in [3.05, 3.63) is 63.4 Å². The average Bonchev–Trinajstić information content (AvgIpc) is 2.79. The summed E-state index contributed by atoms with van der Waals surface area (Å²) in [6.07, 6.45) is 4.79. The van der Waals surface area contributed by atoms with Crippen molar-refractivity contribution in [2.24, 2.45) is 5.10 Å². The van der Waals surface area contributed by atoms with E-state index in [0.29, 0.717) is 23.6 Å². The van der Waals surface area contributed by atoms with E-state index in [1.165, 1.54) is 19.4 Å². The van der Waals surface area contributed by atoms with Gasteiger partial charge in [-0.1, -0.05) is 31.4 Å². The second-order valence-electron chi connectivity index (χ2n) is 7.00. The standard InChI is InChI=1S/C23H25ClN4O4/c1-3-4-5-10-32-17-8-6-16(7-9-17)22-19(13-21(29)27-28-22)26-25-14-15-11-18(24)23(30)20(12-15)31-2/h6-9,11-14,30H,3-5,10H2,1-2H3,(H2,26,27,29)/b25-14-. The van der Waals surface area contributed by atoms with Crippen LogP contribution in [0.5, 0.6) is 17.2 Å². The lowest BCUT2D eigenvalue weighted by molar-refractivity contribution is 0.306. The van der Waals surface area contributed by atoms with Crippen molar-refractivity contribution in [3.63, 3.8) is 0 Å². The molecule has 0 saturated carbocycles. The number of H-pyrrole nitrogens is 1. The Balaban J connectivity index is 1.76. The average molecular weight is 457 g/mol. The van der Waals surface area contributed by atoms with Crippen molar-refractivity contribution < 1.29 is 14.6 Å². The number of benzene rings is 2. The van der Waals surface area contributed by atoms with Crippen molar-refractivity contribution in [2.45, 2.75) is 26.2 Å². The fraction of sp³-hybridized carbons (Fsp3) is 0.261. The fourth-order valence-corrected chi connectivity index (χ4v) is 3.18. The maximum absolute atomic E-state index is 11.8. The van der Waals surface area contributed by atoms with Crippen LogP contribution in [0, 0.1) is 0 Å². The predicted octanol–water partition coefficient (Wildman–Crippen LogP) is 4.82. The number of aromatic hydroxyl groups is 1. The number of hydrogen-bond acceptors (Lipinski definition) is 7. The van der Waals surface area contributed by atoms with Gasteiger partial charge in [0.15, 0.2) is 11.5 Å². The Labute approximate surface area is 190 Å². The highest BCUT2D eigenvalue weighted by Crippen LogP contribution is 2.34. The number of ether oxygens (including phenoxy) is 2. The van der Waals surface area contributed by atoms with Crippen molar-refractivity contribution in [1.82, 2.24) is 10.2 Å². The van der Waals surface area contributed by atoms with Crippen LogP contribution in [0.1, 0.15) is 31.7 Å². The van der Waals surface area contributed by atoms with Crippen LogP contribution in [0.3, 0.4) is 0 Å². The van der Waals surface area contributed by atoms with Gasteiger partial charge in [0.1, 0.15) is 11.4 Å². The molecule has 1 aromatic heterocycles. The molecule has 0 fully saturated rings. The Morgan fingerprint density at radius 3 is 2.72 bits per heavy atom. The lowest BCUT2D eigenvalue weighted by Gasteiger charge is -2.09. The summed E-state index contributed by atoms with van der Waals surface area (Å²) >= 11 is 6.00. The van der Waals surface area contributed by atoms with Crippen LogP contribution >= 0.6 is 11.6 Å². The minimum Gasteiger partial charge on any atom is -0.503 e. The Morgan fingerprint density at radius 2 is 2.00 bits per heavy atom. The first-order valence-electron chi connectivity index (χ1n) is 10.2. The van der Waals surface area contributed by atoms with Gasteiger partial charge >= 0.3 is 0 Å². The number of rotatable bonds is 10. The number of aromatic nitrogens is 2. The Morgan fingerprint density at radius 1 is 1.22 bits per heavy atom. The topological polar surface area (TPSA) is 109 Å². The zero-order valence-corrected chi connectivity index (χ0v) is 18.6. The molecule has 1 heterocycles. The number of nitrogens with one attached hydrogen (secondary N) is 2. The molecule has 0 bridgehead atoms. The number of phenols is 1. The number of hydrogen-bond donors (Lipinski definition) is 3. The number of anilines is 1. The van der Waals surface area contributed by atoms with E-state index in [9.17, 15) is 9.90 Å². The molecular formula is C23H25ClN4O4. The largest absolute Gasteiger partial charge is 0.503 e. The fourth-order valence-electron chi connectivity index (χ4n) is 2.96. The van der Waals surface area contributed by atoms with Crippen LogP contribution in [-0.4, -0.2) is 35.2 Å². The molecule has 0 radical (unpaired) electrons. The van der Waals surface area contributed by atoms with Crippen LogP contribution in [0.2, 0.25) is 5.02 Å². The molecule has 0 atom stereocenters. The van der Waals surface area contributed by atoms with Gasteiger partial charge in [0.25, 0.3) is 5.56 Å². The van der Waals surface area contributed by atoms with Gasteiger partial charge in [-0.2, -0.15) is 10.2 Å². The molecule has 0 amide bonds. The monoisotopic (exact) mass is 456 g/mol. The Bertz CT molecular complexity index is 1130. The number of hydrazone groups is 1. The van der Waals surface area contributed by atoms with Crippen molar-refractivity contribution in [1.29, 1.82) is 0 Å². The van der Waals surface area contributed by atoms with E-state index in [0.717, 1.165) is 30.6 Å². The van der Waals surface area contributed by atoms with E-state index in [2.05, 4.69) is 27.6 Å². The van der Waals surface area contributed by atoms with Crippen LogP contribution in [-0.2, 0) is 0 Å². The molecule has 168 valence electrons. The van der Waals surface area contributed by atoms with Gasteiger partial charge in [-0.3, -0.25) is 10.2 Å². The van der Waals surface area contributed by atoms with Gasteiger partial charge < -0.3 is 14.6 Å². The SMILES string of the molecule is CCCCCOc1ccc(-c2n[nH]c(=O)cc2N/N=C\c2cc(Cl)c(O)c(OC)c2)cc1. The third kappa shape index (κ3) is 6.01.